The topological polar surface area (TPSA) is 75.4 Å². The van der Waals surface area contributed by atoms with Gasteiger partial charge in [0.05, 0.1) is 0 Å². The highest BCUT2D eigenvalue weighted by molar-refractivity contribution is 7.08. The van der Waals surface area contributed by atoms with Gasteiger partial charge in [0.15, 0.2) is 0 Å². The van der Waals surface area contributed by atoms with E-state index >= 15 is 0 Å². The highest BCUT2D eigenvalue weighted by Gasteiger charge is 2.26. The molecule has 1 aromatic heterocycles. The van der Waals surface area contributed by atoms with Crippen molar-refractivity contribution >= 4 is 35.6 Å². The average Bonchev–Trinajstić information content (AvgIpc) is 3.12. The second-order valence-corrected chi connectivity index (χ2v) is 5.77. The molecule has 5 nitrogen and oxygen atoms in total. The van der Waals surface area contributed by atoms with Crippen LogP contribution in [-0.2, 0) is 4.79 Å². The standard InChI is InChI=1S/C14H21N3O2S.ClH/c15-9-12-3-2-7-17(12)13(18)4-1-6-16-14(19)11-5-8-20-10-11;/h5,8,10,12H,1-4,6-7,9,15H2,(H,16,19);1H. The van der Waals surface area contributed by atoms with Crippen molar-refractivity contribution in [2.45, 2.75) is 31.7 Å². The van der Waals surface area contributed by atoms with Crippen LogP contribution in [-0.4, -0.2) is 42.4 Å². The van der Waals surface area contributed by atoms with E-state index in [4.69, 9.17) is 5.73 Å². The molecule has 1 saturated heterocycles. The van der Waals surface area contributed by atoms with E-state index in [1.165, 1.54) is 11.3 Å². The zero-order valence-corrected chi connectivity index (χ0v) is 13.5. The van der Waals surface area contributed by atoms with Crippen LogP contribution >= 0.6 is 23.7 Å². The smallest absolute Gasteiger partial charge is 0.252 e. The van der Waals surface area contributed by atoms with Crippen LogP contribution < -0.4 is 11.1 Å². The van der Waals surface area contributed by atoms with Gasteiger partial charge >= 0.3 is 0 Å². The Kier molecular flexibility index (Phi) is 7.71. The molecule has 2 rings (SSSR count). The SMILES string of the molecule is Cl.NCC1CCCN1C(=O)CCCNC(=O)c1ccsc1. The van der Waals surface area contributed by atoms with E-state index in [9.17, 15) is 9.59 Å². The fraction of sp³-hybridized carbons (Fsp3) is 0.571. The highest BCUT2D eigenvalue weighted by atomic mass is 35.5. The highest BCUT2D eigenvalue weighted by Crippen LogP contribution is 2.17. The lowest BCUT2D eigenvalue weighted by atomic mass is 10.2. The summed E-state index contributed by atoms with van der Waals surface area (Å²) < 4.78 is 0. The summed E-state index contributed by atoms with van der Waals surface area (Å²) in [4.78, 5) is 25.6. The predicted molar refractivity (Wildman–Crippen MR) is 86.9 cm³/mol. The van der Waals surface area contributed by atoms with E-state index in [1.54, 1.807) is 6.07 Å². The largest absolute Gasteiger partial charge is 0.352 e. The minimum absolute atomic E-state index is 0. The van der Waals surface area contributed by atoms with Crippen LogP contribution in [0.4, 0.5) is 0 Å². The lowest BCUT2D eigenvalue weighted by molar-refractivity contribution is -0.131. The molecule has 2 heterocycles. The monoisotopic (exact) mass is 331 g/mol. The molecular formula is C14H22ClN3O2S. The van der Waals surface area contributed by atoms with E-state index in [1.807, 2.05) is 15.7 Å². The molecule has 118 valence electrons. The molecule has 1 aliphatic heterocycles. The Bertz CT molecular complexity index is 453. The van der Waals surface area contributed by atoms with E-state index in [-0.39, 0.29) is 30.3 Å². The van der Waals surface area contributed by atoms with Gasteiger partial charge in [-0.3, -0.25) is 9.59 Å². The molecule has 0 bridgehead atoms. The molecule has 1 fully saturated rings. The van der Waals surface area contributed by atoms with Gasteiger partial charge in [-0.15, -0.1) is 12.4 Å². The molecule has 1 unspecified atom stereocenters. The number of carbonyl (C=O) groups is 2. The number of nitrogens with two attached hydrogens (primary N) is 1. The second-order valence-electron chi connectivity index (χ2n) is 4.99. The minimum Gasteiger partial charge on any atom is -0.352 e. The fourth-order valence-electron chi connectivity index (χ4n) is 2.49. The van der Waals surface area contributed by atoms with Crippen molar-refractivity contribution in [3.05, 3.63) is 22.4 Å². The van der Waals surface area contributed by atoms with E-state index in [0.717, 1.165) is 19.4 Å². The molecule has 21 heavy (non-hydrogen) atoms. The second kappa shape index (κ2) is 9.02. The van der Waals surface area contributed by atoms with E-state index in [2.05, 4.69) is 5.32 Å². The van der Waals surface area contributed by atoms with Gasteiger partial charge in [-0.1, -0.05) is 0 Å². The first-order chi connectivity index (χ1) is 9.72. The van der Waals surface area contributed by atoms with Crippen LogP contribution in [0, 0.1) is 0 Å². The Labute approximate surface area is 135 Å². The van der Waals surface area contributed by atoms with Gasteiger partial charge in [0.2, 0.25) is 5.91 Å². The maximum atomic E-state index is 12.0. The summed E-state index contributed by atoms with van der Waals surface area (Å²) in [6.07, 6.45) is 3.20. The molecule has 3 N–H and O–H groups in total. The van der Waals surface area contributed by atoms with Crippen LogP contribution in [0.3, 0.4) is 0 Å². The molecule has 1 atom stereocenters. The predicted octanol–water partition coefficient (Wildman–Crippen LogP) is 1.63. The van der Waals surface area contributed by atoms with Crippen molar-refractivity contribution < 1.29 is 9.59 Å². The van der Waals surface area contributed by atoms with Crippen molar-refractivity contribution in [3.8, 4) is 0 Å². The zero-order valence-electron chi connectivity index (χ0n) is 11.9. The third-order valence-corrected chi connectivity index (χ3v) is 4.29. The maximum absolute atomic E-state index is 12.0. The van der Waals surface area contributed by atoms with E-state index < -0.39 is 0 Å². The number of hydrogen-bond donors (Lipinski definition) is 2. The molecule has 1 aromatic rings. The van der Waals surface area contributed by atoms with Crippen LogP contribution in [0.1, 0.15) is 36.0 Å². The number of nitrogens with zero attached hydrogens (tertiary/aromatic N) is 1. The maximum Gasteiger partial charge on any atom is 0.252 e. The first kappa shape index (κ1) is 17.9. The number of likely N-dealkylation sites (tertiary alicyclic amines) is 1. The lowest BCUT2D eigenvalue weighted by Crippen LogP contribution is -2.40. The summed E-state index contributed by atoms with van der Waals surface area (Å²) in [5.74, 6) is 0.0856. The summed E-state index contributed by atoms with van der Waals surface area (Å²) in [5.41, 5.74) is 6.35. The van der Waals surface area contributed by atoms with Crippen molar-refractivity contribution in [2.24, 2.45) is 5.73 Å². The number of carbonyl (C=O) groups excluding carboxylic acids is 2. The molecule has 7 heteroatoms. The normalized spacial score (nSPS) is 17.4. The number of thiophene rings is 1. The molecule has 0 radical (unpaired) electrons. The summed E-state index contributed by atoms with van der Waals surface area (Å²) >= 11 is 1.50. The Morgan fingerprint density at radius 2 is 2.29 bits per heavy atom. The average molecular weight is 332 g/mol. The molecule has 0 aromatic carbocycles. The first-order valence-electron chi connectivity index (χ1n) is 7.02. The quantitative estimate of drug-likeness (QED) is 0.778. The Morgan fingerprint density at radius 1 is 1.48 bits per heavy atom. The summed E-state index contributed by atoms with van der Waals surface area (Å²) in [7, 11) is 0. The van der Waals surface area contributed by atoms with Gasteiger partial charge in [0.1, 0.15) is 0 Å². The number of nitrogens with one attached hydrogen (secondary N) is 1. The molecular weight excluding hydrogens is 310 g/mol. The molecule has 0 aliphatic carbocycles. The van der Waals surface area contributed by atoms with Gasteiger partial charge in [-0.05, 0) is 30.7 Å². The fourth-order valence-corrected chi connectivity index (χ4v) is 3.13. The van der Waals surface area contributed by atoms with Crippen molar-refractivity contribution in [3.63, 3.8) is 0 Å². The number of amides is 2. The Balaban J connectivity index is 0.00000220. The summed E-state index contributed by atoms with van der Waals surface area (Å²) in [6.45, 7) is 1.89. The minimum atomic E-state index is -0.0697. The van der Waals surface area contributed by atoms with Crippen LogP contribution in [0.5, 0.6) is 0 Å². The molecule has 0 saturated carbocycles. The van der Waals surface area contributed by atoms with E-state index in [0.29, 0.717) is 31.5 Å². The van der Waals surface area contributed by atoms with Gasteiger partial charge in [-0.25, -0.2) is 0 Å². The van der Waals surface area contributed by atoms with Crippen LogP contribution in [0.25, 0.3) is 0 Å². The third kappa shape index (κ3) is 4.98. The molecule has 1 aliphatic rings. The summed E-state index contributed by atoms with van der Waals surface area (Å²) in [6, 6.07) is 2.00. The van der Waals surface area contributed by atoms with Crippen molar-refractivity contribution in [1.82, 2.24) is 10.2 Å². The number of rotatable bonds is 6. The Hall–Kier alpha value is -1.11. The van der Waals surface area contributed by atoms with Gasteiger partial charge < -0.3 is 16.0 Å². The molecule has 0 spiro atoms. The van der Waals surface area contributed by atoms with Crippen molar-refractivity contribution in [2.75, 3.05) is 19.6 Å². The number of halogens is 1. The zero-order chi connectivity index (χ0) is 14.4. The van der Waals surface area contributed by atoms with Gasteiger partial charge in [0.25, 0.3) is 5.91 Å². The lowest BCUT2D eigenvalue weighted by Gasteiger charge is -2.23. The van der Waals surface area contributed by atoms with Crippen LogP contribution in [0.2, 0.25) is 0 Å². The van der Waals surface area contributed by atoms with Gasteiger partial charge in [0, 0.05) is 43.0 Å². The third-order valence-electron chi connectivity index (χ3n) is 3.61. The molecule has 2 amide bonds. The van der Waals surface area contributed by atoms with Crippen LogP contribution in [0.15, 0.2) is 16.8 Å². The Morgan fingerprint density at radius 3 is 2.95 bits per heavy atom. The summed E-state index contributed by atoms with van der Waals surface area (Å²) in [5, 5.41) is 6.52. The van der Waals surface area contributed by atoms with Gasteiger partial charge in [-0.2, -0.15) is 11.3 Å². The first-order valence-corrected chi connectivity index (χ1v) is 7.96. The number of hydrogen-bond acceptors (Lipinski definition) is 4. The van der Waals surface area contributed by atoms with Crippen molar-refractivity contribution in [1.29, 1.82) is 0 Å².